The van der Waals surface area contributed by atoms with E-state index in [9.17, 15) is 4.39 Å². The molecule has 2 unspecified atom stereocenters. The molecule has 2 atom stereocenters. The van der Waals surface area contributed by atoms with E-state index in [2.05, 4.69) is 21.4 Å². The Labute approximate surface area is 131 Å². The molecule has 21 heavy (non-hydrogen) atoms. The predicted molar refractivity (Wildman–Crippen MR) is 83.3 cm³/mol. The molecule has 0 aromatic heterocycles. The van der Waals surface area contributed by atoms with E-state index in [0.717, 1.165) is 17.7 Å². The van der Waals surface area contributed by atoms with E-state index in [1.807, 2.05) is 30.3 Å². The Kier molecular flexibility index (Phi) is 4.24. The summed E-state index contributed by atoms with van der Waals surface area (Å²) in [6.07, 6.45) is 0.803. The summed E-state index contributed by atoms with van der Waals surface area (Å²) in [7, 11) is 0. The molecule has 3 rings (SSSR count). The van der Waals surface area contributed by atoms with Gasteiger partial charge in [0.1, 0.15) is 11.6 Å². The summed E-state index contributed by atoms with van der Waals surface area (Å²) < 4.78 is 20.5. The lowest BCUT2D eigenvalue weighted by atomic mass is 9.86. The van der Waals surface area contributed by atoms with Gasteiger partial charge in [-0.05, 0) is 40.0 Å². The zero-order valence-corrected chi connectivity index (χ0v) is 12.9. The summed E-state index contributed by atoms with van der Waals surface area (Å²) in [4.78, 5) is 0. The van der Waals surface area contributed by atoms with Crippen molar-refractivity contribution >= 4 is 15.9 Å². The second-order valence-corrected chi connectivity index (χ2v) is 6.02. The largest absolute Gasteiger partial charge is 0.493 e. The van der Waals surface area contributed by atoms with Crippen molar-refractivity contribution in [1.82, 2.24) is 5.43 Å². The van der Waals surface area contributed by atoms with E-state index >= 15 is 0 Å². The molecule has 5 heteroatoms. The van der Waals surface area contributed by atoms with E-state index in [0.29, 0.717) is 16.6 Å². The van der Waals surface area contributed by atoms with Crippen molar-refractivity contribution < 1.29 is 9.13 Å². The zero-order valence-electron chi connectivity index (χ0n) is 11.4. The van der Waals surface area contributed by atoms with Crippen LogP contribution in [0.25, 0.3) is 0 Å². The van der Waals surface area contributed by atoms with Gasteiger partial charge in [-0.2, -0.15) is 0 Å². The van der Waals surface area contributed by atoms with Crippen LogP contribution in [-0.4, -0.2) is 6.61 Å². The topological polar surface area (TPSA) is 47.3 Å². The maximum atomic E-state index is 14.3. The van der Waals surface area contributed by atoms with Crippen LogP contribution in [0.5, 0.6) is 5.75 Å². The monoisotopic (exact) mass is 350 g/mol. The molecule has 0 spiro atoms. The van der Waals surface area contributed by atoms with E-state index < -0.39 is 0 Å². The highest BCUT2D eigenvalue weighted by Crippen LogP contribution is 2.35. The second kappa shape index (κ2) is 6.13. The van der Waals surface area contributed by atoms with Crippen LogP contribution in [0.1, 0.15) is 17.2 Å². The molecular formula is C16H16BrFN2O. The van der Waals surface area contributed by atoms with Gasteiger partial charge in [-0.3, -0.25) is 11.3 Å². The lowest BCUT2D eigenvalue weighted by molar-refractivity contribution is 0.183. The van der Waals surface area contributed by atoms with Gasteiger partial charge >= 0.3 is 0 Å². The number of rotatable bonds is 3. The number of nitrogens with two attached hydrogens (primary N) is 1. The Morgan fingerprint density at radius 1 is 1.24 bits per heavy atom. The highest BCUT2D eigenvalue weighted by molar-refractivity contribution is 9.10. The first kappa shape index (κ1) is 14.5. The fourth-order valence-corrected chi connectivity index (χ4v) is 3.19. The van der Waals surface area contributed by atoms with Gasteiger partial charge in [-0.25, -0.2) is 4.39 Å². The first-order valence-electron chi connectivity index (χ1n) is 6.81. The molecule has 3 nitrogen and oxygen atoms in total. The molecule has 0 saturated carbocycles. The standard InChI is InChI=1S/C16H16BrFN2O/c17-13-6-3-5-12(15(13)18)16(20-19)11-8-10-4-1-2-7-14(10)21-9-11/h1-7,11,16,20H,8-9,19H2. The number of hydrogen-bond donors (Lipinski definition) is 2. The van der Waals surface area contributed by atoms with Crippen LogP contribution in [0.15, 0.2) is 46.9 Å². The molecule has 2 aromatic rings. The lowest BCUT2D eigenvalue weighted by Crippen LogP contribution is -2.39. The van der Waals surface area contributed by atoms with Gasteiger partial charge in [-0.1, -0.05) is 30.3 Å². The van der Waals surface area contributed by atoms with Crippen molar-refractivity contribution in [1.29, 1.82) is 0 Å². The number of para-hydroxylation sites is 1. The molecule has 0 bridgehead atoms. The minimum Gasteiger partial charge on any atom is -0.493 e. The number of halogens is 2. The van der Waals surface area contributed by atoms with E-state index in [4.69, 9.17) is 10.6 Å². The van der Waals surface area contributed by atoms with Gasteiger partial charge in [0.15, 0.2) is 0 Å². The molecule has 0 radical (unpaired) electrons. The normalized spacial score (nSPS) is 18.7. The summed E-state index contributed by atoms with van der Waals surface area (Å²) in [5, 5.41) is 0. The molecule has 0 amide bonds. The fraction of sp³-hybridized carbons (Fsp3) is 0.250. The molecule has 0 saturated heterocycles. The number of nitrogens with one attached hydrogen (secondary N) is 1. The number of hydrazine groups is 1. The molecular weight excluding hydrogens is 335 g/mol. The Hall–Kier alpha value is -1.43. The first-order valence-corrected chi connectivity index (χ1v) is 7.60. The molecule has 2 aromatic carbocycles. The van der Waals surface area contributed by atoms with Crippen LogP contribution < -0.4 is 16.0 Å². The van der Waals surface area contributed by atoms with Crippen LogP contribution in [0, 0.1) is 11.7 Å². The van der Waals surface area contributed by atoms with Crippen molar-refractivity contribution in [2.24, 2.45) is 11.8 Å². The minimum absolute atomic E-state index is 0.0775. The first-order chi connectivity index (χ1) is 10.2. The van der Waals surface area contributed by atoms with Crippen LogP contribution >= 0.6 is 15.9 Å². The van der Waals surface area contributed by atoms with E-state index in [1.54, 1.807) is 12.1 Å². The quantitative estimate of drug-likeness (QED) is 0.659. The molecule has 0 fully saturated rings. The van der Waals surface area contributed by atoms with Gasteiger partial charge in [0.2, 0.25) is 0 Å². The summed E-state index contributed by atoms with van der Waals surface area (Å²) in [6, 6.07) is 12.9. The van der Waals surface area contributed by atoms with Gasteiger partial charge in [0.05, 0.1) is 17.1 Å². The van der Waals surface area contributed by atoms with Gasteiger partial charge in [0.25, 0.3) is 0 Å². The second-order valence-electron chi connectivity index (χ2n) is 5.17. The molecule has 1 heterocycles. The zero-order chi connectivity index (χ0) is 14.8. The van der Waals surface area contributed by atoms with Crippen molar-refractivity contribution in [3.05, 3.63) is 63.9 Å². The molecule has 3 N–H and O–H groups in total. The Morgan fingerprint density at radius 3 is 2.86 bits per heavy atom. The third kappa shape index (κ3) is 2.81. The van der Waals surface area contributed by atoms with Crippen molar-refractivity contribution in [2.45, 2.75) is 12.5 Å². The summed E-state index contributed by atoms with van der Waals surface area (Å²) >= 11 is 3.22. The average Bonchev–Trinajstić information content (AvgIpc) is 2.52. The third-order valence-electron chi connectivity index (χ3n) is 3.88. The Balaban J connectivity index is 1.90. The average molecular weight is 351 g/mol. The van der Waals surface area contributed by atoms with Crippen LogP contribution in [-0.2, 0) is 6.42 Å². The maximum Gasteiger partial charge on any atom is 0.142 e. The van der Waals surface area contributed by atoms with Crippen molar-refractivity contribution in [3.63, 3.8) is 0 Å². The summed E-state index contributed by atoms with van der Waals surface area (Å²) in [5.74, 6) is 6.39. The minimum atomic E-state index is -0.296. The molecule has 0 aliphatic carbocycles. The number of benzene rings is 2. The number of ether oxygens (including phenoxy) is 1. The summed E-state index contributed by atoms with van der Waals surface area (Å²) in [6.45, 7) is 0.512. The molecule has 1 aliphatic rings. The highest BCUT2D eigenvalue weighted by Gasteiger charge is 2.30. The van der Waals surface area contributed by atoms with Gasteiger partial charge < -0.3 is 4.74 Å². The predicted octanol–water partition coefficient (Wildman–Crippen LogP) is 3.34. The van der Waals surface area contributed by atoms with E-state index in [-0.39, 0.29) is 17.8 Å². The van der Waals surface area contributed by atoms with Crippen molar-refractivity contribution in [3.8, 4) is 5.75 Å². The fourth-order valence-electron chi connectivity index (χ4n) is 2.81. The number of fused-ring (bicyclic) bond motifs is 1. The van der Waals surface area contributed by atoms with Crippen molar-refractivity contribution in [2.75, 3.05) is 6.61 Å². The summed E-state index contributed by atoms with van der Waals surface area (Å²) in [5.41, 5.74) is 4.43. The highest BCUT2D eigenvalue weighted by atomic mass is 79.9. The molecule has 110 valence electrons. The SMILES string of the molecule is NNC(c1cccc(Br)c1F)C1COc2ccccc2C1. The van der Waals surface area contributed by atoms with Gasteiger partial charge in [0, 0.05) is 11.5 Å². The Bertz CT molecular complexity index is 650. The third-order valence-corrected chi connectivity index (χ3v) is 4.49. The molecule has 1 aliphatic heterocycles. The Morgan fingerprint density at radius 2 is 2.05 bits per heavy atom. The van der Waals surface area contributed by atoms with Crippen LogP contribution in [0.2, 0.25) is 0 Å². The number of hydrogen-bond acceptors (Lipinski definition) is 3. The lowest BCUT2D eigenvalue weighted by Gasteiger charge is -2.31. The van der Waals surface area contributed by atoms with E-state index in [1.165, 1.54) is 0 Å². The smallest absolute Gasteiger partial charge is 0.142 e. The van der Waals surface area contributed by atoms with Crippen LogP contribution in [0.4, 0.5) is 4.39 Å². The van der Waals surface area contributed by atoms with Gasteiger partial charge in [-0.15, -0.1) is 0 Å². The maximum absolute atomic E-state index is 14.3. The van der Waals surface area contributed by atoms with Crippen LogP contribution in [0.3, 0.4) is 0 Å².